The number of anilines is 1. The van der Waals surface area contributed by atoms with Crippen molar-refractivity contribution in [2.24, 2.45) is 5.92 Å². The minimum Gasteiger partial charge on any atom is -0.378 e. The molecular weight excluding hydrogens is 344 g/mol. The molecule has 3 aliphatic heterocycles. The quantitative estimate of drug-likeness (QED) is 0.802. The van der Waals surface area contributed by atoms with Crippen molar-refractivity contribution in [3.05, 3.63) is 22.9 Å². The van der Waals surface area contributed by atoms with E-state index in [0.717, 1.165) is 49.4 Å². The van der Waals surface area contributed by atoms with Crippen LogP contribution >= 0.6 is 0 Å². The highest BCUT2D eigenvalue weighted by molar-refractivity contribution is 5.76. The Morgan fingerprint density at radius 2 is 1.96 bits per heavy atom. The van der Waals surface area contributed by atoms with Crippen LogP contribution in [0.15, 0.2) is 6.07 Å². The van der Waals surface area contributed by atoms with E-state index in [4.69, 9.17) is 14.5 Å². The van der Waals surface area contributed by atoms with Crippen LogP contribution in [0.1, 0.15) is 36.1 Å². The fraction of sp³-hybridized carbons (Fsp3) is 0.650. The molecule has 7 nitrogen and oxygen atoms in total. The van der Waals surface area contributed by atoms with Crippen LogP contribution in [0.25, 0.3) is 0 Å². The van der Waals surface area contributed by atoms with Gasteiger partial charge in [-0.15, -0.1) is 0 Å². The van der Waals surface area contributed by atoms with Crippen LogP contribution in [0, 0.1) is 17.2 Å². The molecule has 0 saturated carbocycles. The van der Waals surface area contributed by atoms with Crippen molar-refractivity contribution in [3.8, 4) is 6.07 Å². The number of hydrogen-bond acceptors (Lipinski definition) is 6. The molecule has 0 unspecified atom stereocenters. The summed E-state index contributed by atoms with van der Waals surface area (Å²) in [6.45, 7) is 5.65. The Labute approximate surface area is 159 Å². The Balaban J connectivity index is 1.38. The highest BCUT2D eigenvalue weighted by Crippen LogP contribution is 2.29. The maximum atomic E-state index is 12.5. The zero-order valence-electron chi connectivity index (χ0n) is 15.7. The zero-order valence-corrected chi connectivity index (χ0v) is 15.7. The van der Waals surface area contributed by atoms with Crippen molar-refractivity contribution in [2.75, 3.05) is 50.9 Å². The largest absolute Gasteiger partial charge is 0.378 e. The number of aromatic nitrogens is 1. The molecule has 1 aromatic heterocycles. The summed E-state index contributed by atoms with van der Waals surface area (Å²) in [6, 6.07) is 4.23. The number of fused-ring (bicyclic) bond motifs is 1. The minimum atomic E-state index is 0.251. The van der Waals surface area contributed by atoms with Gasteiger partial charge in [0.05, 0.1) is 37.7 Å². The van der Waals surface area contributed by atoms with Crippen LogP contribution in [0.5, 0.6) is 0 Å². The predicted octanol–water partition coefficient (Wildman–Crippen LogP) is 1.49. The molecule has 1 aromatic rings. The van der Waals surface area contributed by atoms with Crippen LogP contribution < -0.4 is 4.90 Å². The Hall–Kier alpha value is -2.17. The van der Waals surface area contributed by atoms with Gasteiger partial charge in [-0.05, 0) is 24.8 Å². The lowest BCUT2D eigenvalue weighted by molar-refractivity contribution is -0.136. The lowest BCUT2D eigenvalue weighted by atomic mass is 9.92. The van der Waals surface area contributed by atoms with Crippen LogP contribution in [-0.2, 0) is 27.3 Å². The fourth-order valence-electron chi connectivity index (χ4n) is 4.14. The van der Waals surface area contributed by atoms with Gasteiger partial charge in [-0.1, -0.05) is 0 Å². The number of rotatable bonds is 3. The van der Waals surface area contributed by atoms with Gasteiger partial charge in [-0.25, -0.2) is 4.98 Å². The normalized spacial score (nSPS) is 20.9. The number of morpholine rings is 1. The maximum Gasteiger partial charge on any atom is 0.223 e. The molecule has 144 valence electrons. The molecular formula is C20H26N4O3. The summed E-state index contributed by atoms with van der Waals surface area (Å²) in [5, 5.41) is 9.55. The first-order valence-corrected chi connectivity index (χ1v) is 9.85. The van der Waals surface area contributed by atoms with E-state index in [1.807, 2.05) is 11.0 Å². The molecule has 0 aromatic carbocycles. The van der Waals surface area contributed by atoms with Crippen LogP contribution in [-0.4, -0.2) is 61.8 Å². The van der Waals surface area contributed by atoms with Gasteiger partial charge < -0.3 is 19.3 Å². The molecule has 4 heterocycles. The number of carbonyl (C=O) groups is 1. The molecule has 0 aliphatic carbocycles. The van der Waals surface area contributed by atoms with E-state index in [-0.39, 0.29) is 5.91 Å². The second-order valence-electron chi connectivity index (χ2n) is 7.51. The number of pyridine rings is 1. The molecule has 0 bridgehead atoms. The highest BCUT2D eigenvalue weighted by atomic mass is 16.5. The van der Waals surface area contributed by atoms with Crippen molar-refractivity contribution in [2.45, 2.75) is 32.3 Å². The van der Waals surface area contributed by atoms with E-state index in [0.29, 0.717) is 57.4 Å². The van der Waals surface area contributed by atoms with Gasteiger partial charge in [0.15, 0.2) is 0 Å². The second-order valence-corrected chi connectivity index (χ2v) is 7.51. The Kier molecular flexibility index (Phi) is 5.55. The van der Waals surface area contributed by atoms with Crippen LogP contribution in [0.3, 0.4) is 0 Å². The highest BCUT2D eigenvalue weighted by Gasteiger charge is 2.27. The van der Waals surface area contributed by atoms with Crippen molar-refractivity contribution in [3.63, 3.8) is 0 Å². The average Bonchev–Trinajstić information content (AvgIpc) is 2.74. The smallest absolute Gasteiger partial charge is 0.223 e. The number of carbonyl (C=O) groups excluding carboxylic acids is 1. The van der Waals surface area contributed by atoms with E-state index < -0.39 is 0 Å². The third kappa shape index (κ3) is 4.07. The molecule has 2 saturated heterocycles. The number of amides is 1. The number of piperidine rings is 1. The van der Waals surface area contributed by atoms with E-state index in [1.165, 1.54) is 0 Å². The minimum absolute atomic E-state index is 0.251. The van der Waals surface area contributed by atoms with Gasteiger partial charge in [0, 0.05) is 44.6 Å². The monoisotopic (exact) mass is 370 g/mol. The summed E-state index contributed by atoms with van der Waals surface area (Å²) in [5.74, 6) is 1.46. The van der Waals surface area contributed by atoms with Crippen molar-refractivity contribution in [1.29, 1.82) is 5.26 Å². The first-order valence-electron chi connectivity index (χ1n) is 9.85. The summed E-state index contributed by atoms with van der Waals surface area (Å²) < 4.78 is 10.8. The topological polar surface area (TPSA) is 78.7 Å². The third-order valence-electron chi connectivity index (χ3n) is 5.77. The molecule has 3 aliphatic rings. The SMILES string of the molecule is N#Cc1cc2c(nc1N1CCC(CC(=O)N3CCOCC3)CC1)CCOC2. The Morgan fingerprint density at radius 1 is 1.19 bits per heavy atom. The lowest BCUT2D eigenvalue weighted by Crippen LogP contribution is -2.42. The zero-order chi connectivity index (χ0) is 18.6. The van der Waals surface area contributed by atoms with Crippen molar-refractivity contribution in [1.82, 2.24) is 9.88 Å². The molecule has 7 heteroatoms. The van der Waals surface area contributed by atoms with Gasteiger partial charge >= 0.3 is 0 Å². The van der Waals surface area contributed by atoms with E-state index >= 15 is 0 Å². The molecule has 0 N–H and O–H groups in total. The summed E-state index contributed by atoms with van der Waals surface area (Å²) in [4.78, 5) is 21.4. The van der Waals surface area contributed by atoms with E-state index in [1.54, 1.807) is 0 Å². The lowest BCUT2D eigenvalue weighted by Gasteiger charge is -2.35. The standard InChI is InChI=1S/C20H26N4O3/c21-13-16-12-17-14-27-8-3-18(17)22-20(16)24-4-1-15(2-5-24)11-19(25)23-6-9-26-10-7-23/h12,15H,1-11,14H2. The van der Waals surface area contributed by atoms with Crippen LogP contribution in [0.2, 0.25) is 0 Å². The molecule has 27 heavy (non-hydrogen) atoms. The molecule has 1 amide bonds. The third-order valence-corrected chi connectivity index (χ3v) is 5.77. The maximum absolute atomic E-state index is 12.5. The fourth-order valence-corrected chi connectivity index (χ4v) is 4.14. The Morgan fingerprint density at radius 3 is 2.70 bits per heavy atom. The number of ether oxygens (including phenoxy) is 2. The molecule has 4 rings (SSSR count). The summed E-state index contributed by atoms with van der Waals surface area (Å²) in [5.41, 5.74) is 2.72. The summed E-state index contributed by atoms with van der Waals surface area (Å²) in [6.07, 6.45) is 3.35. The number of hydrogen-bond donors (Lipinski definition) is 0. The summed E-state index contributed by atoms with van der Waals surface area (Å²) in [7, 11) is 0. The van der Waals surface area contributed by atoms with Gasteiger partial charge in [-0.2, -0.15) is 5.26 Å². The van der Waals surface area contributed by atoms with Gasteiger partial charge in [0.2, 0.25) is 5.91 Å². The first kappa shape index (κ1) is 18.2. The van der Waals surface area contributed by atoms with Gasteiger partial charge in [0.1, 0.15) is 11.9 Å². The van der Waals surface area contributed by atoms with Gasteiger partial charge in [-0.3, -0.25) is 4.79 Å². The molecule has 0 radical (unpaired) electrons. The predicted molar refractivity (Wildman–Crippen MR) is 99.3 cm³/mol. The first-order chi connectivity index (χ1) is 13.2. The number of nitrogens with zero attached hydrogens (tertiary/aromatic N) is 4. The van der Waals surface area contributed by atoms with Crippen LogP contribution in [0.4, 0.5) is 5.82 Å². The summed E-state index contributed by atoms with van der Waals surface area (Å²) >= 11 is 0. The van der Waals surface area contributed by atoms with E-state index in [9.17, 15) is 10.1 Å². The average molecular weight is 370 g/mol. The second kappa shape index (κ2) is 8.24. The molecule has 0 spiro atoms. The van der Waals surface area contributed by atoms with Crippen molar-refractivity contribution < 1.29 is 14.3 Å². The molecule has 2 fully saturated rings. The van der Waals surface area contributed by atoms with Crippen molar-refractivity contribution >= 4 is 11.7 Å². The number of nitriles is 1. The van der Waals surface area contributed by atoms with Gasteiger partial charge in [0.25, 0.3) is 0 Å². The van der Waals surface area contributed by atoms with E-state index in [2.05, 4.69) is 11.0 Å². The Bertz CT molecular complexity index is 731. The molecule has 0 atom stereocenters.